The van der Waals surface area contributed by atoms with Crippen molar-refractivity contribution >= 4 is 16.7 Å². The van der Waals surface area contributed by atoms with Crippen molar-refractivity contribution in [1.82, 2.24) is 15.0 Å². The van der Waals surface area contributed by atoms with E-state index >= 15 is 0 Å². The minimum absolute atomic E-state index is 0.131. The molecule has 1 fully saturated rings. The number of hydrogen-bond acceptors (Lipinski definition) is 6. The van der Waals surface area contributed by atoms with Crippen LogP contribution >= 0.6 is 0 Å². The third-order valence-electron chi connectivity index (χ3n) is 5.80. The van der Waals surface area contributed by atoms with Gasteiger partial charge in [0.05, 0.1) is 19.3 Å². The molecule has 4 heterocycles. The molecule has 7 nitrogen and oxygen atoms in total. The first-order valence-electron chi connectivity index (χ1n) is 9.77. The van der Waals surface area contributed by atoms with Crippen molar-refractivity contribution in [3.05, 3.63) is 36.2 Å². The van der Waals surface area contributed by atoms with Gasteiger partial charge in [-0.2, -0.15) is 0 Å². The molecule has 3 aromatic rings. The summed E-state index contributed by atoms with van der Waals surface area (Å²) in [6.45, 7) is 6.26. The minimum atomic E-state index is -1.10. The molecule has 0 bridgehead atoms. The predicted molar refractivity (Wildman–Crippen MR) is 107 cm³/mol. The van der Waals surface area contributed by atoms with E-state index in [2.05, 4.69) is 9.88 Å². The first-order valence-corrected chi connectivity index (χ1v) is 9.77. The number of nitrogens with one attached hydrogen (secondary N) is 1. The molecule has 0 radical (unpaired) electrons. The average molecular weight is 380 g/mol. The smallest absolute Gasteiger partial charge is 0.186 e. The second kappa shape index (κ2) is 6.46. The Bertz CT molecular complexity index is 1030. The van der Waals surface area contributed by atoms with Gasteiger partial charge >= 0.3 is 0 Å². The number of morpholine rings is 1. The zero-order valence-corrected chi connectivity index (χ0v) is 16.1. The lowest BCUT2D eigenvalue weighted by atomic mass is 9.96. The van der Waals surface area contributed by atoms with Crippen LogP contribution in [0, 0.1) is 0 Å². The maximum atomic E-state index is 11.1. The molecule has 7 heteroatoms. The van der Waals surface area contributed by atoms with Crippen molar-refractivity contribution in [1.29, 1.82) is 0 Å². The van der Waals surface area contributed by atoms with Gasteiger partial charge in [0.2, 0.25) is 0 Å². The third kappa shape index (κ3) is 2.65. The molecule has 0 aliphatic carbocycles. The van der Waals surface area contributed by atoms with Crippen LogP contribution in [0.2, 0.25) is 0 Å². The molecule has 2 aromatic heterocycles. The molecule has 0 spiro atoms. The summed E-state index contributed by atoms with van der Waals surface area (Å²) < 4.78 is 11.7. The van der Waals surface area contributed by atoms with Crippen molar-refractivity contribution in [2.45, 2.75) is 31.9 Å². The van der Waals surface area contributed by atoms with Crippen LogP contribution in [0.5, 0.6) is 5.75 Å². The zero-order chi connectivity index (χ0) is 19.3. The van der Waals surface area contributed by atoms with Crippen molar-refractivity contribution in [2.75, 3.05) is 31.3 Å². The highest BCUT2D eigenvalue weighted by Gasteiger charge is 2.38. The maximum absolute atomic E-state index is 11.1. The van der Waals surface area contributed by atoms with E-state index in [-0.39, 0.29) is 6.04 Å². The van der Waals surface area contributed by atoms with Crippen LogP contribution in [0.3, 0.4) is 0 Å². The molecule has 2 atom stereocenters. The van der Waals surface area contributed by atoms with Gasteiger partial charge in [0.25, 0.3) is 0 Å². The maximum Gasteiger partial charge on any atom is 0.186 e. The lowest BCUT2D eigenvalue weighted by Crippen LogP contribution is -2.52. The molecule has 0 saturated carbocycles. The predicted octanol–water partition coefficient (Wildman–Crippen LogP) is 2.84. The summed E-state index contributed by atoms with van der Waals surface area (Å²) in [5, 5.41) is 12.1. The summed E-state index contributed by atoms with van der Waals surface area (Å²) in [6, 6.07) is 8.19. The second-order valence-electron chi connectivity index (χ2n) is 7.65. The van der Waals surface area contributed by atoms with Gasteiger partial charge in [-0.1, -0.05) is 19.1 Å². The molecule has 2 unspecified atom stereocenters. The molecule has 28 heavy (non-hydrogen) atoms. The van der Waals surface area contributed by atoms with Gasteiger partial charge in [-0.05, 0) is 25.5 Å². The SMILES string of the molecule is CCC(C)(O)c1nc(-c2cccc3[nH]ccc23)nc2c1OCC1COCCN21. The fourth-order valence-electron chi connectivity index (χ4n) is 3.95. The Morgan fingerprint density at radius 1 is 1.29 bits per heavy atom. The van der Waals surface area contributed by atoms with Gasteiger partial charge in [0.15, 0.2) is 17.4 Å². The summed E-state index contributed by atoms with van der Waals surface area (Å²) in [4.78, 5) is 15.2. The number of benzene rings is 1. The Kier molecular flexibility index (Phi) is 4.03. The fraction of sp³-hybridized carbons (Fsp3) is 0.429. The molecule has 146 valence electrons. The first kappa shape index (κ1) is 17.5. The van der Waals surface area contributed by atoms with Gasteiger partial charge in [-0.15, -0.1) is 0 Å². The minimum Gasteiger partial charge on any atom is -0.485 e. The Labute approximate surface area is 163 Å². The number of aromatic nitrogens is 3. The van der Waals surface area contributed by atoms with Crippen molar-refractivity contribution < 1.29 is 14.6 Å². The average Bonchev–Trinajstić information content (AvgIpc) is 3.21. The molecular formula is C21H24N4O3. The van der Waals surface area contributed by atoms with E-state index in [4.69, 9.17) is 19.4 Å². The number of hydrogen-bond donors (Lipinski definition) is 2. The summed E-state index contributed by atoms with van der Waals surface area (Å²) in [6.07, 6.45) is 2.44. The Balaban J connectivity index is 1.75. The molecule has 2 aliphatic rings. The highest BCUT2D eigenvalue weighted by Crippen LogP contribution is 2.42. The Hall–Kier alpha value is -2.64. The van der Waals surface area contributed by atoms with Crippen molar-refractivity contribution in [2.24, 2.45) is 0 Å². The molecule has 1 saturated heterocycles. The summed E-state index contributed by atoms with van der Waals surface area (Å²) in [7, 11) is 0. The lowest BCUT2D eigenvalue weighted by Gasteiger charge is -2.41. The number of rotatable bonds is 3. The van der Waals surface area contributed by atoms with Gasteiger partial charge in [0.1, 0.15) is 17.9 Å². The van der Waals surface area contributed by atoms with Crippen LogP contribution < -0.4 is 9.64 Å². The largest absolute Gasteiger partial charge is 0.485 e. The highest BCUT2D eigenvalue weighted by molar-refractivity contribution is 5.93. The summed E-state index contributed by atoms with van der Waals surface area (Å²) >= 11 is 0. The molecule has 5 rings (SSSR count). The van der Waals surface area contributed by atoms with Crippen LogP contribution in [0.25, 0.3) is 22.3 Å². The number of aromatic amines is 1. The Morgan fingerprint density at radius 3 is 3.04 bits per heavy atom. The number of H-pyrrole nitrogens is 1. The number of fused-ring (bicyclic) bond motifs is 4. The third-order valence-corrected chi connectivity index (χ3v) is 5.80. The van der Waals surface area contributed by atoms with E-state index in [0.29, 0.717) is 43.5 Å². The summed E-state index contributed by atoms with van der Waals surface area (Å²) in [5.41, 5.74) is 1.41. The number of anilines is 1. The van der Waals surface area contributed by atoms with Gasteiger partial charge < -0.3 is 24.5 Å². The van der Waals surface area contributed by atoms with Crippen LogP contribution in [0.4, 0.5) is 5.82 Å². The van der Waals surface area contributed by atoms with Gasteiger partial charge in [-0.3, -0.25) is 0 Å². The van der Waals surface area contributed by atoms with E-state index in [1.54, 1.807) is 6.92 Å². The summed E-state index contributed by atoms with van der Waals surface area (Å²) in [5.74, 6) is 1.94. The fourth-order valence-corrected chi connectivity index (χ4v) is 3.95. The van der Waals surface area contributed by atoms with Crippen LogP contribution in [-0.4, -0.2) is 52.5 Å². The van der Waals surface area contributed by atoms with Crippen LogP contribution in [-0.2, 0) is 10.3 Å². The van der Waals surface area contributed by atoms with Crippen LogP contribution in [0.15, 0.2) is 30.5 Å². The van der Waals surface area contributed by atoms with Gasteiger partial charge in [0, 0.05) is 29.2 Å². The standard InChI is InChI=1S/C21H24N4O3/c1-3-21(2,26)18-17-20(25-9-10-27-11-13(25)12-28-17)24-19(23-18)15-5-4-6-16-14(15)7-8-22-16/h4-8,13,22,26H,3,9-12H2,1-2H3. The second-order valence-corrected chi connectivity index (χ2v) is 7.65. The molecule has 2 N–H and O–H groups in total. The van der Waals surface area contributed by atoms with Crippen LogP contribution in [0.1, 0.15) is 26.0 Å². The van der Waals surface area contributed by atoms with E-state index in [1.165, 1.54) is 0 Å². The van der Waals surface area contributed by atoms with Gasteiger partial charge in [-0.25, -0.2) is 9.97 Å². The normalized spacial score (nSPS) is 21.0. The molecule has 0 amide bonds. The topological polar surface area (TPSA) is 83.5 Å². The van der Waals surface area contributed by atoms with E-state index in [9.17, 15) is 5.11 Å². The van der Waals surface area contributed by atoms with Crippen molar-refractivity contribution in [3.8, 4) is 17.1 Å². The van der Waals surface area contributed by atoms with E-state index < -0.39 is 5.60 Å². The molecule has 2 aliphatic heterocycles. The number of ether oxygens (including phenoxy) is 2. The number of nitrogens with zero attached hydrogens (tertiary/aromatic N) is 3. The van der Waals surface area contributed by atoms with Crippen molar-refractivity contribution in [3.63, 3.8) is 0 Å². The Morgan fingerprint density at radius 2 is 2.18 bits per heavy atom. The van der Waals surface area contributed by atoms with E-state index in [1.807, 2.05) is 37.4 Å². The highest BCUT2D eigenvalue weighted by atomic mass is 16.5. The first-order chi connectivity index (χ1) is 13.6. The zero-order valence-electron chi connectivity index (χ0n) is 16.1. The molecule has 1 aromatic carbocycles. The quantitative estimate of drug-likeness (QED) is 0.727. The van der Waals surface area contributed by atoms with E-state index in [0.717, 1.165) is 28.8 Å². The number of aliphatic hydroxyl groups is 1. The molecular weight excluding hydrogens is 356 g/mol. The monoisotopic (exact) mass is 380 g/mol. The lowest BCUT2D eigenvalue weighted by molar-refractivity contribution is 0.0396.